The van der Waals surface area contributed by atoms with Crippen molar-refractivity contribution in [1.82, 2.24) is 9.80 Å². The van der Waals surface area contributed by atoms with E-state index in [2.05, 4.69) is 4.90 Å². The number of hydrogen-bond acceptors (Lipinski definition) is 4. The molecule has 2 heterocycles. The summed E-state index contributed by atoms with van der Waals surface area (Å²) in [6.45, 7) is 2.61. The maximum Gasteiger partial charge on any atom is 0.243 e. The Morgan fingerprint density at radius 1 is 1.28 bits per heavy atom. The topological polar surface area (TPSA) is 66.6 Å². The molecule has 0 aromatic heterocycles. The van der Waals surface area contributed by atoms with E-state index in [-0.39, 0.29) is 11.8 Å². The molecule has 2 N–H and O–H groups in total. The molecule has 0 bridgehead atoms. The van der Waals surface area contributed by atoms with Crippen LogP contribution in [0.25, 0.3) is 0 Å². The maximum absolute atomic E-state index is 12.1. The van der Waals surface area contributed by atoms with Crippen LogP contribution in [0.2, 0.25) is 0 Å². The highest BCUT2D eigenvalue weighted by Crippen LogP contribution is 2.20. The van der Waals surface area contributed by atoms with Crippen molar-refractivity contribution in [3.8, 4) is 0 Å². The van der Waals surface area contributed by atoms with Crippen molar-refractivity contribution >= 4 is 11.8 Å². The predicted octanol–water partition coefficient (Wildman–Crippen LogP) is 0.339. The van der Waals surface area contributed by atoms with Gasteiger partial charge < -0.3 is 5.73 Å². The number of nitrogens with zero attached hydrogens (tertiary/aromatic N) is 2. The van der Waals surface area contributed by atoms with E-state index < -0.39 is 0 Å². The van der Waals surface area contributed by atoms with Crippen LogP contribution in [0.1, 0.15) is 38.5 Å². The molecule has 2 fully saturated rings. The quantitative estimate of drug-likeness (QED) is 0.784. The van der Waals surface area contributed by atoms with Gasteiger partial charge in [-0.1, -0.05) is 6.42 Å². The first-order chi connectivity index (χ1) is 8.72. The van der Waals surface area contributed by atoms with E-state index in [1.807, 2.05) is 0 Å². The number of likely N-dealkylation sites (tertiary alicyclic amines) is 2. The molecule has 18 heavy (non-hydrogen) atoms. The average Bonchev–Trinajstić information content (AvgIpc) is 2.78. The molecule has 5 nitrogen and oxygen atoms in total. The minimum Gasteiger partial charge on any atom is -0.330 e. The maximum atomic E-state index is 12.1. The van der Waals surface area contributed by atoms with Crippen LogP contribution in [-0.4, -0.2) is 53.8 Å². The summed E-state index contributed by atoms with van der Waals surface area (Å²) < 4.78 is 0. The van der Waals surface area contributed by atoms with Gasteiger partial charge in [0.05, 0.1) is 6.54 Å². The van der Waals surface area contributed by atoms with Crippen LogP contribution in [0.4, 0.5) is 0 Å². The van der Waals surface area contributed by atoms with Gasteiger partial charge in [0.1, 0.15) is 0 Å². The van der Waals surface area contributed by atoms with Crippen molar-refractivity contribution in [3.63, 3.8) is 0 Å². The van der Waals surface area contributed by atoms with E-state index in [1.165, 1.54) is 11.3 Å². The normalized spacial score (nSPS) is 25.7. The Morgan fingerprint density at radius 2 is 2.11 bits per heavy atom. The molecule has 1 unspecified atom stereocenters. The summed E-state index contributed by atoms with van der Waals surface area (Å²) in [5.41, 5.74) is 5.62. The summed E-state index contributed by atoms with van der Waals surface area (Å²) in [6.07, 6.45) is 5.77. The number of nitrogens with two attached hydrogens (primary N) is 1. The molecule has 2 saturated heterocycles. The van der Waals surface area contributed by atoms with E-state index in [4.69, 9.17) is 5.73 Å². The average molecular weight is 253 g/mol. The third kappa shape index (κ3) is 3.09. The van der Waals surface area contributed by atoms with Gasteiger partial charge in [0.15, 0.2) is 0 Å². The highest BCUT2D eigenvalue weighted by molar-refractivity contribution is 5.97. The smallest absolute Gasteiger partial charge is 0.243 e. The lowest BCUT2D eigenvalue weighted by Gasteiger charge is -2.35. The zero-order valence-corrected chi connectivity index (χ0v) is 10.9. The van der Waals surface area contributed by atoms with Gasteiger partial charge in [-0.3, -0.25) is 19.4 Å². The molecular weight excluding hydrogens is 230 g/mol. The fourth-order valence-electron chi connectivity index (χ4n) is 2.96. The standard InChI is InChI=1S/C13H23N3O2/c14-7-6-11-4-1-2-8-15(11)10-13(18)16-9-3-5-12(16)17/h11H,1-10,14H2. The van der Waals surface area contributed by atoms with Crippen LogP contribution < -0.4 is 5.73 Å². The number of amides is 2. The molecule has 2 amide bonds. The van der Waals surface area contributed by atoms with Gasteiger partial charge in [-0.2, -0.15) is 0 Å². The van der Waals surface area contributed by atoms with Crippen molar-refractivity contribution in [3.05, 3.63) is 0 Å². The highest BCUT2D eigenvalue weighted by Gasteiger charge is 2.30. The predicted molar refractivity (Wildman–Crippen MR) is 68.8 cm³/mol. The van der Waals surface area contributed by atoms with Crippen LogP contribution in [-0.2, 0) is 9.59 Å². The van der Waals surface area contributed by atoms with Crippen LogP contribution >= 0.6 is 0 Å². The van der Waals surface area contributed by atoms with Gasteiger partial charge in [0, 0.05) is 19.0 Å². The van der Waals surface area contributed by atoms with E-state index in [1.54, 1.807) is 0 Å². The van der Waals surface area contributed by atoms with Crippen molar-refractivity contribution in [1.29, 1.82) is 0 Å². The molecular formula is C13H23N3O2. The summed E-state index contributed by atoms with van der Waals surface area (Å²) in [5.74, 6) is -0.0335. The van der Waals surface area contributed by atoms with Gasteiger partial charge in [-0.25, -0.2) is 0 Å². The monoisotopic (exact) mass is 253 g/mol. The third-order valence-electron chi connectivity index (χ3n) is 3.96. The molecule has 0 aromatic carbocycles. The van der Waals surface area contributed by atoms with Crippen LogP contribution in [0.15, 0.2) is 0 Å². The first-order valence-corrected chi connectivity index (χ1v) is 6.99. The lowest BCUT2D eigenvalue weighted by Crippen LogP contribution is -2.47. The summed E-state index contributed by atoms with van der Waals surface area (Å²) in [5, 5.41) is 0. The van der Waals surface area contributed by atoms with Gasteiger partial charge in [0.2, 0.25) is 11.8 Å². The van der Waals surface area contributed by atoms with Gasteiger partial charge >= 0.3 is 0 Å². The van der Waals surface area contributed by atoms with Gasteiger partial charge in [-0.05, 0) is 38.8 Å². The zero-order chi connectivity index (χ0) is 13.0. The molecule has 2 aliphatic heterocycles. The molecule has 5 heteroatoms. The number of carbonyl (C=O) groups is 2. The number of carbonyl (C=O) groups excluding carboxylic acids is 2. The van der Waals surface area contributed by atoms with E-state index in [9.17, 15) is 9.59 Å². The molecule has 0 radical (unpaired) electrons. The van der Waals surface area contributed by atoms with Crippen LogP contribution in [0, 0.1) is 0 Å². The molecule has 1 atom stereocenters. The highest BCUT2D eigenvalue weighted by atomic mass is 16.2. The molecule has 2 aliphatic rings. The fourth-order valence-corrected chi connectivity index (χ4v) is 2.96. The van der Waals surface area contributed by atoms with E-state index >= 15 is 0 Å². The van der Waals surface area contributed by atoms with Crippen molar-refractivity contribution < 1.29 is 9.59 Å². The molecule has 2 rings (SSSR count). The zero-order valence-electron chi connectivity index (χ0n) is 10.9. The minimum absolute atomic E-state index is 0.00705. The van der Waals surface area contributed by atoms with Crippen molar-refractivity contribution in [2.75, 3.05) is 26.2 Å². The summed E-state index contributed by atoms with van der Waals surface area (Å²) in [4.78, 5) is 27.3. The second-order valence-corrected chi connectivity index (χ2v) is 5.24. The Balaban J connectivity index is 1.89. The molecule has 102 valence electrons. The van der Waals surface area contributed by atoms with Gasteiger partial charge in [-0.15, -0.1) is 0 Å². The minimum atomic E-state index is -0.0265. The first kappa shape index (κ1) is 13.5. The Labute approximate surface area is 108 Å². The largest absolute Gasteiger partial charge is 0.330 e. The SMILES string of the molecule is NCCC1CCCCN1CC(=O)N1CCCC1=O. The molecule has 0 aliphatic carbocycles. The Bertz CT molecular complexity index is 317. The Kier molecular flexibility index (Phi) is 4.72. The Morgan fingerprint density at radius 3 is 2.78 bits per heavy atom. The first-order valence-electron chi connectivity index (χ1n) is 6.99. The fraction of sp³-hybridized carbons (Fsp3) is 0.846. The summed E-state index contributed by atoms with van der Waals surface area (Å²) in [7, 11) is 0. The molecule has 0 aromatic rings. The van der Waals surface area contributed by atoms with Crippen molar-refractivity contribution in [2.45, 2.75) is 44.6 Å². The summed E-state index contributed by atoms with van der Waals surface area (Å²) in [6, 6.07) is 0.422. The second kappa shape index (κ2) is 6.29. The van der Waals surface area contributed by atoms with E-state index in [0.29, 0.717) is 32.1 Å². The van der Waals surface area contributed by atoms with Crippen LogP contribution in [0.5, 0.6) is 0 Å². The van der Waals surface area contributed by atoms with Gasteiger partial charge in [0.25, 0.3) is 0 Å². The molecule has 0 spiro atoms. The lowest BCUT2D eigenvalue weighted by molar-refractivity contribution is -0.143. The number of hydrogen-bond donors (Lipinski definition) is 1. The van der Waals surface area contributed by atoms with Crippen molar-refractivity contribution in [2.24, 2.45) is 5.73 Å². The second-order valence-electron chi connectivity index (χ2n) is 5.24. The third-order valence-corrected chi connectivity index (χ3v) is 3.96. The number of imide groups is 1. The number of rotatable bonds is 4. The summed E-state index contributed by atoms with van der Waals surface area (Å²) >= 11 is 0. The molecule has 0 saturated carbocycles. The Hall–Kier alpha value is -0.940. The van der Waals surface area contributed by atoms with Crippen LogP contribution in [0.3, 0.4) is 0 Å². The van der Waals surface area contributed by atoms with E-state index in [0.717, 1.165) is 32.2 Å². The lowest BCUT2D eigenvalue weighted by atomic mass is 9.99. The number of piperidine rings is 1.